The summed E-state index contributed by atoms with van der Waals surface area (Å²) in [5, 5.41) is 0. The predicted molar refractivity (Wildman–Crippen MR) is 53.0 cm³/mol. The topological polar surface area (TPSA) is 17.1 Å². The Kier molecular flexibility index (Phi) is 2.36. The lowest BCUT2D eigenvalue weighted by atomic mass is 9.79. The van der Waals surface area contributed by atoms with Crippen LogP contribution < -0.4 is 0 Å². The second-order valence-electron chi connectivity index (χ2n) is 3.96. The third kappa shape index (κ3) is 1.69. The Morgan fingerprint density at radius 2 is 2.07 bits per heavy atom. The Labute approximate surface area is 82.9 Å². The molecule has 0 atom stereocenters. The minimum Gasteiger partial charge on any atom is -0.295 e. The van der Waals surface area contributed by atoms with Crippen LogP contribution in [0.3, 0.4) is 0 Å². The summed E-state index contributed by atoms with van der Waals surface area (Å²) in [5.41, 5.74) is 1.48. The second-order valence-corrected chi connectivity index (χ2v) is 3.96. The highest BCUT2D eigenvalue weighted by Gasteiger charge is 2.20. The van der Waals surface area contributed by atoms with E-state index in [1.165, 1.54) is 19.4 Å². The SMILES string of the molecule is CC(=O)c1cc(F)cc(C2CCC2)c1. The van der Waals surface area contributed by atoms with E-state index in [4.69, 9.17) is 0 Å². The van der Waals surface area contributed by atoms with Crippen LogP contribution in [0.4, 0.5) is 4.39 Å². The molecule has 0 aliphatic heterocycles. The molecule has 0 saturated heterocycles. The first-order chi connectivity index (χ1) is 6.66. The van der Waals surface area contributed by atoms with Gasteiger partial charge in [0.15, 0.2) is 5.78 Å². The molecule has 1 aromatic rings. The summed E-state index contributed by atoms with van der Waals surface area (Å²) in [5.74, 6) is 0.119. The quantitative estimate of drug-likeness (QED) is 0.657. The van der Waals surface area contributed by atoms with E-state index < -0.39 is 0 Å². The van der Waals surface area contributed by atoms with Gasteiger partial charge in [-0.2, -0.15) is 0 Å². The second kappa shape index (κ2) is 3.52. The number of hydrogen-bond acceptors (Lipinski definition) is 1. The van der Waals surface area contributed by atoms with E-state index in [0.717, 1.165) is 18.4 Å². The third-order valence-corrected chi connectivity index (χ3v) is 2.90. The van der Waals surface area contributed by atoms with Crippen LogP contribution in [0, 0.1) is 5.82 Å². The molecule has 0 amide bonds. The molecule has 0 radical (unpaired) electrons. The van der Waals surface area contributed by atoms with Crippen LogP contribution >= 0.6 is 0 Å². The number of rotatable bonds is 2. The van der Waals surface area contributed by atoms with Gasteiger partial charge in [-0.1, -0.05) is 6.42 Å². The number of benzene rings is 1. The van der Waals surface area contributed by atoms with Crippen molar-refractivity contribution in [1.82, 2.24) is 0 Å². The van der Waals surface area contributed by atoms with E-state index in [-0.39, 0.29) is 11.6 Å². The minimum absolute atomic E-state index is 0.0647. The monoisotopic (exact) mass is 192 g/mol. The van der Waals surface area contributed by atoms with Crippen LogP contribution in [0.15, 0.2) is 18.2 Å². The summed E-state index contributed by atoms with van der Waals surface area (Å²) in [7, 11) is 0. The molecule has 0 aromatic heterocycles. The number of carbonyl (C=O) groups excluding carboxylic acids is 1. The fraction of sp³-hybridized carbons (Fsp3) is 0.417. The predicted octanol–water partition coefficient (Wildman–Crippen LogP) is 3.30. The van der Waals surface area contributed by atoms with Crippen LogP contribution in [-0.4, -0.2) is 5.78 Å². The molecule has 74 valence electrons. The molecule has 0 unspecified atom stereocenters. The number of hydrogen-bond donors (Lipinski definition) is 0. The first kappa shape index (κ1) is 9.38. The van der Waals surface area contributed by atoms with Crippen LogP contribution in [0.25, 0.3) is 0 Å². The molecule has 1 aromatic carbocycles. The Bertz CT molecular complexity index is 367. The zero-order valence-corrected chi connectivity index (χ0v) is 8.22. The smallest absolute Gasteiger partial charge is 0.159 e. The van der Waals surface area contributed by atoms with E-state index in [1.54, 1.807) is 6.07 Å². The molecule has 1 saturated carbocycles. The van der Waals surface area contributed by atoms with Crippen LogP contribution in [0.5, 0.6) is 0 Å². The van der Waals surface area contributed by atoms with Gasteiger partial charge in [0.25, 0.3) is 0 Å². The Balaban J connectivity index is 2.35. The number of Topliss-reactive ketones (excluding diaryl/α,β-unsaturated/α-hetero) is 1. The number of carbonyl (C=O) groups is 1. The Morgan fingerprint density at radius 3 is 2.57 bits per heavy atom. The van der Waals surface area contributed by atoms with Crippen LogP contribution in [0.1, 0.15) is 48.0 Å². The van der Waals surface area contributed by atoms with Crippen molar-refractivity contribution in [3.05, 3.63) is 35.1 Å². The van der Waals surface area contributed by atoms with Gasteiger partial charge in [-0.15, -0.1) is 0 Å². The first-order valence-electron chi connectivity index (χ1n) is 4.98. The maximum Gasteiger partial charge on any atom is 0.159 e. The zero-order valence-electron chi connectivity index (χ0n) is 8.22. The molecule has 0 spiro atoms. The molecule has 0 heterocycles. The Morgan fingerprint density at radius 1 is 1.36 bits per heavy atom. The van der Waals surface area contributed by atoms with Gasteiger partial charge in [0.05, 0.1) is 0 Å². The summed E-state index contributed by atoms with van der Waals surface area (Å²) >= 11 is 0. The summed E-state index contributed by atoms with van der Waals surface area (Å²) in [6.07, 6.45) is 3.47. The molecule has 2 heteroatoms. The summed E-state index contributed by atoms with van der Waals surface area (Å²) in [6, 6.07) is 4.69. The van der Waals surface area contributed by atoms with Gasteiger partial charge in [-0.25, -0.2) is 4.39 Å². The lowest BCUT2D eigenvalue weighted by molar-refractivity contribution is 0.101. The van der Waals surface area contributed by atoms with E-state index in [9.17, 15) is 9.18 Å². The van der Waals surface area contributed by atoms with Crippen molar-refractivity contribution in [3.8, 4) is 0 Å². The van der Waals surface area contributed by atoms with Crippen LogP contribution in [0.2, 0.25) is 0 Å². The van der Waals surface area contributed by atoms with E-state index in [0.29, 0.717) is 11.5 Å². The molecular weight excluding hydrogens is 179 g/mol. The summed E-state index contributed by atoms with van der Waals surface area (Å²) < 4.78 is 13.2. The van der Waals surface area contributed by atoms with Gasteiger partial charge in [0.1, 0.15) is 5.82 Å². The average molecular weight is 192 g/mol. The van der Waals surface area contributed by atoms with Crippen molar-refractivity contribution >= 4 is 5.78 Å². The minimum atomic E-state index is -0.292. The highest BCUT2D eigenvalue weighted by molar-refractivity contribution is 5.94. The van der Waals surface area contributed by atoms with E-state index in [2.05, 4.69) is 0 Å². The van der Waals surface area contributed by atoms with Gasteiger partial charge in [0.2, 0.25) is 0 Å². The molecule has 1 fully saturated rings. The first-order valence-corrected chi connectivity index (χ1v) is 4.98. The van der Waals surface area contributed by atoms with Gasteiger partial charge >= 0.3 is 0 Å². The van der Waals surface area contributed by atoms with Crippen molar-refractivity contribution in [3.63, 3.8) is 0 Å². The fourth-order valence-corrected chi connectivity index (χ4v) is 1.79. The lowest BCUT2D eigenvalue weighted by Crippen LogP contribution is -2.10. The lowest BCUT2D eigenvalue weighted by Gasteiger charge is -2.26. The summed E-state index contributed by atoms with van der Waals surface area (Å²) in [6.45, 7) is 1.47. The van der Waals surface area contributed by atoms with Crippen molar-refractivity contribution in [1.29, 1.82) is 0 Å². The molecule has 1 aliphatic carbocycles. The highest BCUT2D eigenvalue weighted by Crippen LogP contribution is 2.36. The van der Waals surface area contributed by atoms with Crippen molar-refractivity contribution in [2.45, 2.75) is 32.1 Å². The molecule has 0 bridgehead atoms. The Hall–Kier alpha value is -1.18. The number of halogens is 1. The largest absolute Gasteiger partial charge is 0.295 e. The normalized spacial score (nSPS) is 16.4. The molecule has 2 rings (SSSR count). The fourth-order valence-electron chi connectivity index (χ4n) is 1.79. The van der Waals surface area contributed by atoms with Crippen molar-refractivity contribution in [2.75, 3.05) is 0 Å². The van der Waals surface area contributed by atoms with Gasteiger partial charge in [0, 0.05) is 5.56 Å². The van der Waals surface area contributed by atoms with Crippen LogP contribution in [-0.2, 0) is 0 Å². The third-order valence-electron chi connectivity index (χ3n) is 2.90. The van der Waals surface area contributed by atoms with E-state index >= 15 is 0 Å². The average Bonchev–Trinajstić information content (AvgIpc) is 1.99. The molecule has 14 heavy (non-hydrogen) atoms. The van der Waals surface area contributed by atoms with Crippen molar-refractivity contribution in [2.24, 2.45) is 0 Å². The van der Waals surface area contributed by atoms with Gasteiger partial charge < -0.3 is 0 Å². The maximum atomic E-state index is 13.2. The molecular formula is C12H13FO. The zero-order chi connectivity index (χ0) is 10.1. The standard InChI is InChI=1S/C12H13FO/c1-8(14)10-5-11(7-12(13)6-10)9-3-2-4-9/h5-7,9H,2-4H2,1H3. The maximum absolute atomic E-state index is 13.2. The van der Waals surface area contributed by atoms with Gasteiger partial charge in [-0.05, 0) is 49.4 Å². The summed E-state index contributed by atoms with van der Waals surface area (Å²) in [4.78, 5) is 11.1. The molecule has 1 aliphatic rings. The number of ketones is 1. The van der Waals surface area contributed by atoms with Gasteiger partial charge in [-0.3, -0.25) is 4.79 Å². The highest BCUT2D eigenvalue weighted by atomic mass is 19.1. The van der Waals surface area contributed by atoms with Crippen molar-refractivity contribution < 1.29 is 9.18 Å². The molecule has 0 N–H and O–H groups in total. The molecule has 1 nitrogen and oxygen atoms in total. The van der Waals surface area contributed by atoms with E-state index in [1.807, 2.05) is 6.07 Å².